The molecule has 0 atom stereocenters. The molecule has 4 heterocycles. The van der Waals surface area contributed by atoms with Crippen LogP contribution < -0.4 is 15.6 Å². The van der Waals surface area contributed by atoms with Crippen LogP contribution in [0, 0.1) is 6.92 Å². The van der Waals surface area contributed by atoms with Gasteiger partial charge in [-0.2, -0.15) is 5.10 Å². The van der Waals surface area contributed by atoms with Gasteiger partial charge in [-0.3, -0.25) is 9.89 Å². The van der Waals surface area contributed by atoms with E-state index >= 15 is 0 Å². The minimum atomic E-state index is -0.0698. The van der Waals surface area contributed by atoms with Crippen molar-refractivity contribution < 1.29 is 4.74 Å². The number of nitrogens with one attached hydrogen (secondary N) is 2. The monoisotopic (exact) mass is 435 g/mol. The Bertz CT molecular complexity index is 1280. The Balaban J connectivity index is 1.60. The fourth-order valence-corrected chi connectivity index (χ4v) is 3.73. The first-order chi connectivity index (χ1) is 15.3. The molecule has 0 radical (unpaired) electrons. The molecular weight excluding hydrogens is 406 g/mol. The van der Waals surface area contributed by atoms with Gasteiger partial charge in [-0.15, -0.1) is 0 Å². The molecule has 0 spiro atoms. The van der Waals surface area contributed by atoms with Crippen molar-refractivity contribution in [3.8, 4) is 22.7 Å². The fourth-order valence-electron chi connectivity index (χ4n) is 3.73. The van der Waals surface area contributed by atoms with Gasteiger partial charge in [-0.25, -0.2) is 19.2 Å². The largest absolute Gasteiger partial charge is 0.492 e. The zero-order valence-corrected chi connectivity index (χ0v) is 19.1. The van der Waals surface area contributed by atoms with Crippen molar-refractivity contribution in [2.24, 2.45) is 0 Å². The molecule has 4 aromatic rings. The lowest BCUT2D eigenvalue weighted by Crippen LogP contribution is -2.27. The average molecular weight is 436 g/mol. The summed E-state index contributed by atoms with van der Waals surface area (Å²) >= 11 is 0. The smallest absolute Gasteiger partial charge is 0.276 e. The quantitative estimate of drug-likeness (QED) is 0.413. The van der Waals surface area contributed by atoms with E-state index in [1.165, 1.54) is 4.52 Å². The third kappa shape index (κ3) is 4.29. The molecule has 9 nitrogen and oxygen atoms in total. The molecule has 0 fully saturated rings. The molecule has 32 heavy (non-hydrogen) atoms. The number of H-pyrrole nitrogens is 1. The number of hydrogen-bond donors (Lipinski definition) is 2. The first kappa shape index (κ1) is 21.8. The Morgan fingerprint density at radius 3 is 2.81 bits per heavy atom. The van der Waals surface area contributed by atoms with E-state index in [2.05, 4.69) is 34.3 Å². The third-order valence-electron chi connectivity index (χ3n) is 5.23. The summed E-state index contributed by atoms with van der Waals surface area (Å²) in [6, 6.07) is 4.10. The Kier molecular flexibility index (Phi) is 6.09. The number of rotatable bonds is 8. The van der Waals surface area contributed by atoms with Crippen LogP contribution in [-0.2, 0) is 0 Å². The van der Waals surface area contributed by atoms with Crippen LogP contribution in [-0.4, -0.2) is 48.6 Å². The van der Waals surface area contributed by atoms with Crippen LogP contribution in [0.1, 0.15) is 44.9 Å². The zero-order valence-electron chi connectivity index (χ0n) is 19.1. The van der Waals surface area contributed by atoms with Gasteiger partial charge in [0.05, 0.1) is 6.20 Å². The summed E-state index contributed by atoms with van der Waals surface area (Å²) in [6.07, 6.45) is 7.09. The predicted molar refractivity (Wildman–Crippen MR) is 124 cm³/mol. The molecule has 2 N–H and O–H groups in total. The highest BCUT2D eigenvalue weighted by molar-refractivity contribution is 5.76. The first-order valence-corrected chi connectivity index (χ1v) is 10.8. The van der Waals surface area contributed by atoms with Crippen LogP contribution in [0.2, 0.25) is 0 Å². The number of aryl methyl sites for hydroxylation is 1. The lowest BCUT2D eigenvalue weighted by atomic mass is 10.0. The van der Waals surface area contributed by atoms with Crippen molar-refractivity contribution in [3.63, 3.8) is 0 Å². The summed E-state index contributed by atoms with van der Waals surface area (Å²) in [5.74, 6) is 1.48. The van der Waals surface area contributed by atoms with Gasteiger partial charge in [0, 0.05) is 59.6 Å². The van der Waals surface area contributed by atoms with Gasteiger partial charge < -0.3 is 10.1 Å². The van der Waals surface area contributed by atoms with Crippen LogP contribution in [0.25, 0.3) is 22.6 Å². The number of fused-ring (bicyclic) bond motifs is 1. The van der Waals surface area contributed by atoms with Gasteiger partial charge in [-0.1, -0.05) is 27.7 Å². The van der Waals surface area contributed by atoms with Crippen LogP contribution >= 0.6 is 0 Å². The second-order valence-corrected chi connectivity index (χ2v) is 8.40. The second-order valence-electron chi connectivity index (χ2n) is 8.40. The Morgan fingerprint density at radius 2 is 2.06 bits per heavy atom. The molecule has 0 saturated heterocycles. The summed E-state index contributed by atoms with van der Waals surface area (Å²) in [7, 11) is 0. The summed E-state index contributed by atoms with van der Waals surface area (Å²) < 4.78 is 8.99. The van der Waals surface area contributed by atoms with E-state index in [1.54, 1.807) is 23.3 Å². The summed E-state index contributed by atoms with van der Waals surface area (Å²) in [4.78, 5) is 22.0. The number of ether oxygens (including phenoxy) is 1. The van der Waals surface area contributed by atoms with Crippen molar-refractivity contribution in [2.75, 3.05) is 13.2 Å². The van der Waals surface area contributed by atoms with E-state index in [0.717, 1.165) is 34.7 Å². The maximum absolute atomic E-state index is 12.9. The van der Waals surface area contributed by atoms with Crippen LogP contribution in [0.15, 0.2) is 41.7 Å². The lowest BCUT2D eigenvalue weighted by Gasteiger charge is -2.10. The van der Waals surface area contributed by atoms with Crippen LogP contribution in [0.4, 0.5) is 0 Å². The summed E-state index contributed by atoms with van der Waals surface area (Å²) in [5, 5.41) is 10.8. The van der Waals surface area contributed by atoms with E-state index < -0.39 is 0 Å². The van der Waals surface area contributed by atoms with Gasteiger partial charge in [0.2, 0.25) is 0 Å². The average Bonchev–Trinajstić information content (AvgIpc) is 3.38. The number of hydrogen-bond acceptors (Lipinski definition) is 6. The molecular formula is C23H29N7O2. The minimum absolute atomic E-state index is 0.0698. The van der Waals surface area contributed by atoms with Crippen molar-refractivity contribution in [2.45, 2.75) is 46.6 Å². The van der Waals surface area contributed by atoms with E-state index in [4.69, 9.17) is 9.72 Å². The molecule has 0 bridgehead atoms. The number of pyridine rings is 1. The van der Waals surface area contributed by atoms with E-state index in [-0.39, 0.29) is 11.5 Å². The van der Waals surface area contributed by atoms with Crippen molar-refractivity contribution in [1.82, 2.24) is 34.7 Å². The minimum Gasteiger partial charge on any atom is -0.492 e. The van der Waals surface area contributed by atoms with Gasteiger partial charge in [-0.05, 0) is 18.9 Å². The standard InChI is InChI=1S/C23H29N7O2/c1-14(2)21-16(5)28-22-19(12-27-30(22)23(21)31)17-11-26-29(13-17)20-10-18(6-7-25-20)32-9-8-24-15(3)4/h6-7,10-15,24,27H,8-9H2,1-5H3. The fraction of sp³-hybridized carbons (Fsp3) is 0.391. The predicted octanol–water partition coefficient (Wildman–Crippen LogP) is 3.08. The van der Waals surface area contributed by atoms with E-state index in [9.17, 15) is 4.79 Å². The lowest BCUT2D eigenvalue weighted by molar-refractivity contribution is 0.308. The van der Waals surface area contributed by atoms with Crippen molar-refractivity contribution in [3.05, 3.63) is 58.5 Å². The highest BCUT2D eigenvalue weighted by atomic mass is 16.5. The maximum atomic E-state index is 12.9. The molecule has 0 aliphatic carbocycles. The van der Waals surface area contributed by atoms with E-state index in [0.29, 0.717) is 24.1 Å². The molecule has 0 aliphatic heterocycles. The van der Waals surface area contributed by atoms with Gasteiger partial charge in [0.15, 0.2) is 11.5 Å². The number of aromatic amines is 1. The van der Waals surface area contributed by atoms with Gasteiger partial charge in [0.25, 0.3) is 5.56 Å². The molecule has 9 heteroatoms. The third-order valence-corrected chi connectivity index (χ3v) is 5.23. The Morgan fingerprint density at radius 1 is 1.25 bits per heavy atom. The number of aromatic nitrogens is 6. The molecule has 4 aromatic heterocycles. The highest BCUT2D eigenvalue weighted by Gasteiger charge is 2.18. The van der Waals surface area contributed by atoms with Crippen molar-refractivity contribution in [1.29, 1.82) is 0 Å². The number of nitrogens with zero attached hydrogens (tertiary/aromatic N) is 5. The van der Waals surface area contributed by atoms with Crippen molar-refractivity contribution >= 4 is 5.65 Å². The van der Waals surface area contributed by atoms with Gasteiger partial charge in [0.1, 0.15) is 12.4 Å². The second kappa shape index (κ2) is 8.96. The normalized spacial score (nSPS) is 11.7. The molecule has 0 amide bonds. The van der Waals surface area contributed by atoms with Crippen LogP contribution in [0.5, 0.6) is 5.75 Å². The van der Waals surface area contributed by atoms with Gasteiger partial charge >= 0.3 is 0 Å². The van der Waals surface area contributed by atoms with E-state index in [1.807, 2.05) is 39.1 Å². The Labute approximate surface area is 186 Å². The SMILES string of the molecule is Cc1nc2c(-c3cnn(-c4cc(OCCNC(C)C)ccn4)c3)c[nH]n2c(=O)c1C(C)C. The zero-order chi connectivity index (χ0) is 22.8. The molecule has 0 saturated carbocycles. The summed E-state index contributed by atoms with van der Waals surface area (Å²) in [6.45, 7) is 11.4. The molecule has 4 rings (SSSR count). The molecule has 0 unspecified atom stereocenters. The highest BCUT2D eigenvalue weighted by Crippen LogP contribution is 2.25. The first-order valence-electron chi connectivity index (χ1n) is 10.8. The Hall–Kier alpha value is -3.46. The topological polar surface area (TPSA) is 102 Å². The summed E-state index contributed by atoms with van der Waals surface area (Å²) in [5.41, 5.74) is 3.62. The molecule has 0 aliphatic rings. The molecule has 168 valence electrons. The molecule has 0 aromatic carbocycles. The maximum Gasteiger partial charge on any atom is 0.276 e. The van der Waals surface area contributed by atoms with Crippen LogP contribution in [0.3, 0.4) is 0 Å².